The highest BCUT2D eigenvalue weighted by atomic mass is 16.5. The third-order valence-corrected chi connectivity index (χ3v) is 2.41. The fourth-order valence-electron chi connectivity index (χ4n) is 1.55. The van der Waals surface area contributed by atoms with E-state index in [1.807, 2.05) is 18.2 Å². The molecule has 2 aromatic heterocycles. The highest BCUT2D eigenvalue weighted by Gasteiger charge is 2.10. The van der Waals surface area contributed by atoms with Crippen LogP contribution >= 0.6 is 0 Å². The number of pyridine rings is 1. The van der Waals surface area contributed by atoms with Gasteiger partial charge in [0.2, 0.25) is 5.75 Å². The van der Waals surface area contributed by atoms with Crippen molar-refractivity contribution in [1.29, 1.82) is 0 Å². The minimum atomic E-state index is 0.581. The molecule has 2 N–H and O–H groups in total. The molecule has 0 bridgehead atoms. The number of hydrogen-bond donors (Lipinski definition) is 2. The van der Waals surface area contributed by atoms with Gasteiger partial charge in [-0.05, 0) is 12.1 Å². The first-order valence-corrected chi connectivity index (χ1v) is 5.55. The second kappa shape index (κ2) is 5.81. The zero-order valence-corrected chi connectivity index (χ0v) is 10.3. The smallest absolute Gasteiger partial charge is 0.204 e. The van der Waals surface area contributed by atoms with Crippen molar-refractivity contribution in [3.05, 3.63) is 36.4 Å². The number of anilines is 2. The maximum Gasteiger partial charge on any atom is 0.204 e. The summed E-state index contributed by atoms with van der Waals surface area (Å²) < 4.78 is 5.29. The first-order chi connectivity index (χ1) is 8.85. The van der Waals surface area contributed by atoms with Gasteiger partial charge in [-0.15, -0.1) is 0 Å². The predicted molar refractivity (Wildman–Crippen MR) is 69.7 cm³/mol. The van der Waals surface area contributed by atoms with Crippen LogP contribution in [0.5, 0.6) is 5.75 Å². The van der Waals surface area contributed by atoms with Gasteiger partial charge in [0.25, 0.3) is 0 Å². The summed E-state index contributed by atoms with van der Waals surface area (Å²) in [4.78, 5) is 12.5. The number of hydrogen-bond acceptors (Lipinski definition) is 6. The Kier molecular flexibility index (Phi) is 3.90. The SMILES string of the molecule is CNc1ncnc(NCc2ccccn2)c1OC. The van der Waals surface area contributed by atoms with Crippen molar-refractivity contribution in [2.45, 2.75) is 6.54 Å². The Morgan fingerprint density at radius 1 is 1.17 bits per heavy atom. The highest BCUT2D eigenvalue weighted by Crippen LogP contribution is 2.28. The molecule has 6 heteroatoms. The van der Waals surface area contributed by atoms with Crippen LogP contribution in [0.3, 0.4) is 0 Å². The van der Waals surface area contributed by atoms with Crippen molar-refractivity contribution in [1.82, 2.24) is 15.0 Å². The molecule has 0 amide bonds. The molecule has 0 radical (unpaired) electrons. The van der Waals surface area contributed by atoms with E-state index in [-0.39, 0.29) is 0 Å². The molecule has 2 rings (SSSR count). The topological polar surface area (TPSA) is 72.0 Å². The van der Waals surface area contributed by atoms with Crippen molar-refractivity contribution < 1.29 is 4.74 Å². The second-order valence-electron chi connectivity index (χ2n) is 3.53. The molecule has 0 spiro atoms. The Morgan fingerprint density at radius 3 is 2.67 bits per heavy atom. The Balaban J connectivity index is 2.14. The van der Waals surface area contributed by atoms with E-state index in [9.17, 15) is 0 Å². The van der Waals surface area contributed by atoms with E-state index < -0.39 is 0 Å². The highest BCUT2D eigenvalue weighted by molar-refractivity contribution is 5.63. The van der Waals surface area contributed by atoms with Gasteiger partial charge in [-0.2, -0.15) is 0 Å². The number of methoxy groups -OCH3 is 1. The number of nitrogens with one attached hydrogen (secondary N) is 2. The summed E-state index contributed by atoms with van der Waals surface area (Å²) in [5.74, 6) is 1.88. The van der Waals surface area contributed by atoms with Crippen LogP contribution in [-0.2, 0) is 6.54 Å². The number of rotatable bonds is 5. The average Bonchev–Trinajstić information content (AvgIpc) is 2.45. The molecule has 2 aromatic rings. The lowest BCUT2D eigenvalue weighted by atomic mass is 10.3. The molecule has 0 aliphatic heterocycles. The zero-order valence-electron chi connectivity index (χ0n) is 10.3. The molecule has 0 aliphatic rings. The summed E-state index contributed by atoms with van der Waals surface area (Å²) in [5.41, 5.74) is 0.934. The lowest BCUT2D eigenvalue weighted by Crippen LogP contribution is -2.07. The third kappa shape index (κ3) is 2.65. The average molecular weight is 245 g/mol. The maximum absolute atomic E-state index is 5.29. The van der Waals surface area contributed by atoms with E-state index in [1.165, 1.54) is 6.33 Å². The molecule has 0 atom stereocenters. The van der Waals surface area contributed by atoms with Crippen LogP contribution in [-0.4, -0.2) is 29.1 Å². The number of nitrogens with zero attached hydrogens (tertiary/aromatic N) is 3. The summed E-state index contributed by atoms with van der Waals surface area (Å²) in [6, 6.07) is 5.77. The van der Waals surface area contributed by atoms with E-state index >= 15 is 0 Å². The molecule has 0 fully saturated rings. The van der Waals surface area contributed by atoms with E-state index in [0.29, 0.717) is 23.9 Å². The molecular formula is C12H15N5O. The van der Waals surface area contributed by atoms with Gasteiger partial charge in [-0.3, -0.25) is 4.98 Å². The third-order valence-electron chi connectivity index (χ3n) is 2.41. The molecule has 0 unspecified atom stereocenters. The second-order valence-corrected chi connectivity index (χ2v) is 3.53. The summed E-state index contributed by atoms with van der Waals surface area (Å²) in [6.07, 6.45) is 3.24. The van der Waals surface area contributed by atoms with Crippen molar-refractivity contribution in [3.8, 4) is 5.75 Å². The summed E-state index contributed by atoms with van der Waals surface area (Å²) >= 11 is 0. The minimum Gasteiger partial charge on any atom is -0.490 e. The molecular weight excluding hydrogens is 230 g/mol. The van der Waals surface area contributed by atoms with Crippen LogP contribution < -0.4 is 15.4 Å². The Hall–Kier alpha value is -2.37. The van der Waals surface area contributed by atoms with Crippen LogP contribution in [0.4, 0.5) is 11.6 Å². The maximum atomic E-state index is 5.29. The summed E-state index contributed by atoms with van der Waals surface area (Å²) in [5, 5.41) is 6.13. The van der Waals surface area contributed by atoms with Gasteiger partial charge in [-0.1, -0.05) is 6.07 Å². The van der Waals surface area contributed by atoms with E-state index in [4.69, 9.17) is 4.74 Å². The van der Waals surface area contributed by atoms with Crippen molar-refractivity contribution in [3.63, 3.8) is 0 Å². The van der Waals surface area contributed by atoms with Crippen molar-refractivity contribution in [2.24, 2.45) is 0 Å². The summed E-state index contributed by atoms with van der Waals surface area (Å²) in [7, 11) is 3.37. The number of aromatic nitrogens is 3. The monoisotopic (exact) mass is 245 g/mol. The van der Waals surface area contributed by atoms with Crippen molar-refractivity contribution in [2.75, 3.05) is 24.8 Å². The molecule has 6 nitrogen and oxygen atoms in total. The van der Waals surface area contributed by atoms with Crippen molar-refractivity contribution >= 4 is 11.6 Å². The van der Waals surface area contributed by atoms with Crippen LogP contribution in [0.1, 0.15) is 5.69 Å². The lowest BCUT2D eigenvalue weighted by molar-refractivity contribution is 0.415. The Bertz CT molecular complexity index is 503. The van der Waals surface area contributed by atoms with Crippen LogP contribution in [0.2, 0.25) is 0 Å². The minimum absolute atomic E-state index is 0.581. The van der Waals surface area contributed by atoms with Gasteiger partial charge >= 0.3 is 0 Å². The first-order valence-electron chi connectivity index (χ1n) is 5.55. The van der Waals surface area contributed by atoms with Crippen LogP contribution in [0, 0.1) is 0 Å². The van der Waals surface area contributed by atoms with Gasteiger partial charge in [0.1, 0.15) is 6.33 Å². The Morgan fingerprint density at radius 2 is 2.00 bits per heavy atom. The molecule has 0 saturated heterocycles. The number of ether oxygens (including phenoxy) is 1. The molecule has 18 heavy (non-hydrogen) atoms. The van der Waals surface area contributed by atoms with Gasteiger partial charge < -0.3 is 15.4 Å². The molecule has 0 aliphatic carbocycles. The quantitative estimate of drug-likeness (QED) is 0.832. The standard InChI is InChI=1S/C12H15N5O/c1-13-11-10(18-2)12(17-8-16-11)15-7-9-5-3-4-6-14-9/h3-6,8H,7H2,1-2H3,(H2,13,15,16,17). The van der Waals surface area contributed by atoms with Gasteiger partial charge in [0.15, 0.2) is 11.6 Å². The van der Waals surface area contributed by atoms with Crippen LogP contribution in [0.15, 0.2) is 30.7 Å². The van der Waals surface area contributed by atoms with Gasteiger partial charge in [0.05, 0.1) is 19.3 Å². The zero-order chi connectivity index (χ0) is 12.8. The van der Waals surface area contributed by atoms with Gasteiger partial charge in [-0.25, -0.2) is 9.97 Å². The fourth-order valence-corrected chi connectivity index (χ4v) is 1.55. The Labute approximate surface area is 105 Å². The van der Waals surface area contributed by atoms with E-state index in [0.717, 1.165) is 5.69 Å². The van der Waals surface area contributed by atoms with E-state index in [1.54, 1.807) is 20.4 Å². The predicted octanol–water partition coefficient (Wildman–Crippen LogP) is 1.53. The lowest BCUT2D eigenvalue weighted by Gasteiger charge is -2.12. The van der Waals surface area contributed by atoms with E-state index in [2.05, 4.69) is 25.6 Å². The van der Waals surface area contributed by atoms with Crippen LogP contribution in [0.25, 0.3) is 0 Å². The largest absolute Gasteiger partial charge is 0.490 e. The fraction of sp³-hybridized carbons (Fsp3) is 0.250. The molecule has 0 saturated carbocycles. The normalized spacial score (nSPS) is 9.89. The molecule has 0 aromatic carbocycles. The molecule has 94 valence electrons. The first kappa shape index (κ1) is 12.1. The summed E-state index contributed by atoms with van der Waals surface area (Å²) in [6.45, 7) is 0.581. The molecule has 2 heterocycles. The van der Waals surface area contributed by atoms with Gasteiger partial charge in [0, 0.05) is 13.2 Å².